The lowest BCUT2D eigenvalue weighted by atomic mass is 10.0. The second-order valence-electron chi connectivity index (χ2n) is 3.88. The minimum atomic E-state index is -0.352. The lowest BCUT2D eigenvalue weighted by molar-refractivity contribution is 0.0528. The molecule has 2 aromatic rings. The number of benzene rings is 1. The molecule has 0 amide bonds. The molecule has 0 aliphatic carbocycles. The van der Waals surface area contributed by atoms with Crippen molar-refractivity contribution in [3.8, 4) is 5.88 Å². The summed E-state index contributed by atoms with van der Waals surface area (Å²) in [5.41, 5.74) is 2.03. The standard InChI is InChI=1S/C15H15NO3/c1-4-10-6-7-12(15(17)19-5-2)11-8-9-13(18-3)16-14(10)11/h4,6-9H,1,5H2,2-3H3. The fourth-order valence-electron chi connectivity index (χ4n) is 1.89. The molecule has 0 aliphatic heterocycles. The molecule has 0 bridgehead atoms. The summed E-state index contributed by atoms with van der Waals surface area (Å²) in [6.07, 6.45) is 1.70. The minimum Gasteiger partial charge on any atom is -0.481 e. The summed E-state index contributed by atoms with van der Waals surface area (Å²) in [6.45, 7) is 5.87. The summed E-state index contributed by atoms with van der Waals surface area (Å²) in [4.78, 5) is 16.3. The number of methoxy groups -OCH3 is 1. The molecule has 4 nitrogen and oxygen atoms in total. The summed E-state index contributed by atoms with van der Waals surface area (Å²) in [7, 11) is 1.55. The highest BCUT2D eigenvalue weighted by molar-refractivity contribution is 6.05. The average molecular weight is 257 g/mol. The zero-order chi connectivity index (χ0) is 13.8. The summed E-state index contributed by atoms with van der Waals surface area (Å²) in [5.74, 6) is 0.145. The Balaban J connectivity index is 2.68. The van der Waals surface area contributed by atoms with E-state index in [0.717, 1.165) is 10.9 Å². The van der Waals surface area contributed by atoms with Crippen molar-refractivity contribution < 1.29 is 14.3 Å². The van der Waals surface area contributed by atoms with Crippen LogP contribution in [0.4, 0.5) is 0 Å². The van der Waals surface area contributed by atoms with Crippen LogP contribution in [0, 0.1) is 0 Å². The number of aromatic nitrogens is 1. The van der Waals surface area contributed by atoms with Crippen LogP contribution in [0.15, 0.2) is 30.8 Å². The van der Waals surface area contributed by atoms with Crippen LogP contribution in [0.5, 0.6) is 5.88 Å². The van der Waals surface area contributed by atoms with Crippen molar-refractivity contribution in [2.75, 3.05) is 13.7 Å². The van der Waals surface area contributed by atoms with E-state index in [9.17, 15) is 4.79 Å². The first-order chi connectivity index (χ1) is 9.21. The number of rotatable bonds is 4. The van der Waals surface area contributed by atoms with Crippen LogP contribution < -0.4 is 4.74 Å². The van der Waals surface area contributed by atoms with Crippen molar-refractivity contribution in [2.45, 2.75) is 6.92 Å². The molecule has 0 aliphatic rings. The van der Waals surface area contributed by atoms with Gasteiger partial charge in [0, 0.05) is 17.0 Å². The molecule has 4 heteroatoms. The monoisotopic (exact) mass is 257 g/mol. The number of ether oxygens (including phenoxy) is 2. The predicted octanol–water partition coefficient (Wildman–Crippen LogP) is 3.06. The highest BCUT2D eigenvalue weighted by atomic mass is 16.5. The minimum absolute atomic E-state index is 0.340. The molecule has 0 radical (unpaired) electrons. The fraction of sp³-hybridized carbons (Fsp3) is 0.200. The van der Waals surface area contributed by atoms with E-state index in [4.69, 9.17) is 9.47 Å². The molecule has 98 valence electrons. The fourth-order valence-corrected chi connectivity index (χ4v) is 1.89. The molecule has 0 saturated heterocycles. The van der Waals surface area contributed by atoms with Gasteiger partial charge in [-0.1, -0.05) is 18.7 Å². The predicted molar refractivity (Wildman–Crippen MR) is 74.3 cm³/mol. The second kappa shape index (κ2) is 5.52. The van der Waals surface area contributed by atoms with Gasteiger partial charge >= 0.3 is 5.97 Å². The van der Waals surface area contributed by atoms with Crippen LogP contribution >= 0.6 is 0 Å². The molecule has 1 aromatic heterocycles. The Kier molecular flexibility index (Phi) is 3.80. The number of hydrogen-bond acceptors (Lipinski definition) is 4. The first-order valence-electron chi connectivity index (χ1n) is 5.98. The molecule has 19 heavy (non-hydrogen) atoms. The Morgan fingerprint density at radius 3 is 2.79 bits per heavy atom. The smallest absolute Gasteiger partial charge is 0.338 e. The Morgan fingerprint density at radius 1 is 1.37 bits per heavy atom. The maximum absolute atomic E-state index is 11.9. The molecular weight excluding hydrogens is 242 g/mol. The van der Waals surface area contributed by atoms with E-state index in [1.54, 1.807) is 44.4 Å². The molecule has 0 saturated carbocycles. The number of nitrogens with zero attached hydrogens (tertiary/aromatic N) is 1. The Labute approximate surface area is 111 Å². The van der Waals surface area contributed by atoms with Crippen molar-refractivity contribution in [1.82, 2.24) is 4.98 Å². The third kappa shape index (κ3) is 2.42. The molecule has 2 rings (SSSR count). The van der Waals surface area contributed by atoms with Crippen LogP contribution in [-0.4, -0.2) is 24.7 Å². The van der Waals surface area contributed by atoms with Crippen molar-refractivity contribution in [3.05, 3.63) is 42.0 Å². The summed E-state index contributed by atoms with van der Waals surface area (Å²) in [5, 5.41) is 0.733. The van der Waals surface area contributed by atoms with Gasteiger partial charge in [0.25, 0.3) is 0 Å². The number of hydrogen-bond donors (Lipinski definition) is 0. The zero-order valence-electron chi connectivity index (χ0n) is 11.0. The van der Waals surface area contributed by atoms with Gasteiger partial charge in [0.05, 0.1) is 24.8 Å². The Morgan fingerprint density at radius 2 is 2.16 bits per heavy atom. The number of pyridine rings is 1. The molecule has 1 heterocycles. The Bertz CT molecular complexity index is 635. The number of esters is 1. The molecule has 0 atom stereocenters. The Hall–Kier alpha value is -2.36. The van der Waals surface area contributed by atoms with Gasteiger partial charge in [-0.3, -0.25) is 0 Å². The SMILES string of the molecule is C=Cc1ccc(C(=O)OCC)c2ccc(OC)nc12. The van der Waals surface area contributed by atoms with Crippen LogP contribution in [0.1, 0.15) is 22.8 Å². The van der Waals surface area contributed by atoms with Gasteiger partial charge in [-0.15, -0.1) is 0 Å². The topological polar surface area (TPSA) is 48.4 Å². The second-order valence-corrected chi connectivity index (χ2v) is 3.88. The van der Waals surface area contributed by atoms with Crippen molar-refractivity contribution in [1.29, 1.82) is 0 Å². The van der Waals surface area contributed by atoms with E-state index >= 15 is 0 Å². The van der Waals surface area contributed by atoms with E-state index in [-0.39, 0.29) is 5.97 Å². The van der Waals surface area contributed by atoms with Gasteiger partial charge in [-0.2, -0.15) is 0 Å². The number of fused-ring (bicyclic) bond motifs is 1. The van der Waals surface area contributed by atoms with Crippen molar-refractivity contribution in [3.63, 3.8) is 0 Å². The van der Waals surface area contributed by atoms with Crippen LogP contribution in [0.3, 0.4) is 0 Å². The maximum Gasteiger partial charge on any atom is 0.338 e. The summed E-state index contributed by atoms with van der Waals surface area (Å²) < 4.78 is 10.2. The highest BCUT2D eigenvalue weighted by Crippen LogP contribution is 2.25. The van der Waals surface area contributed by atoms with E-state index in [2.05, 4.69) is 11.6 Å². The van der Waals surface area contributed by atoms with Gasteiger partial charge in [0.2, 0.25) is 5.88 Å². The van der Waals surface area contributed by atoms with Crippen LogP contribution in [0.2, 0.25) is 0 Å². The van der Waals surface area contributed by atoms with Crippen molar-refractivity contribution in [2.24, 2.45) is 0 Å². The van der Waals surface area contributed by atoms with Gasteiger partial charge < -0.3 is 9.47 Å². The van der Waals surface area contributed by atoms with Gasteiger partial charge in [0.15, 0.2) is 0 Å². The first kappa shape index (κ1) is 13.1. The highest BCUT2D eigenvalue weighted by Gasteiger charge is 2.14. The largest absolute Gasteiger partial charge is 0.481 e. The zero-order valence-corrected chi connectivity index (χ0v) is 11.0. The molecule has 0 fully saturated rings. The molecular formula is C15H15NO3. The molecule has 0 N–H and O–H groups in total. The van der Waals surface area contributed by atoms with Gasteiger partial charge in [0.1, 0.15) is 0 Å². The van der Waals surface area contributed by atoms with Gasteiger partial charge in [-0.05, 0) is 19.1 Å². The first-order valence-corrected chi connectivity index (χ1v) is 5.98. The van der Waals surface area contributed by atoms with Crippen LogP contribution in [-0.2, 0) is 4.74 Å². The van der Waals surface area contributed by atoms with E-state index in [0.29, 0.717) is 23.6 Å². The lowest BCUT2D eigenvalue weighted by Gasteiger charge is -2.09. The van der Waals surface area contributed by atoms with Crippen molar-refractivity contribution >= 4 is 22.9 Å². The summed E-state index contributed by atoms with van der Waals surface area (Å²) >= 11 is 0. The molecule has 0 spiro atoms. The van der Waals surface area contributed by atoms with E-state index < -0.39 is 0 Å². The lowest BCUT2D eigenvalue weighted by Crippen LogP contribution is -2.06. The van der Waals surface area contributed by atoms with Crippen LogP contribution in [0.25, 0.3) is 17.0 Å². The third-order valence-corrected chi connectivity index (χ3v) is 2.79. The number of carbonyl (C=O) groups excluding carboxylic acids is 1. The maximum atomic E-state index is 11.9. The molecule has 1 aromatic carbocycles. The number of carbonyl (C=O) groups is 1. The summed E-state index contributed by atoms with van der Waals surface area (Å²) in [6, 6.07) is 7.05. The third-order valence-electron chi connectivity index (χ3n) is 2.79. The average Bonchev–Trinajstić information content (AvgIpc) is 2.45. The quantitative estimate of drug-likeness (QED) is 0.790. The molecule has 0 unspecified atom stereocenters. The van der Waals surface area contributed by atoms with E-state index in [1.807, 2.05) is 0 Å². The normalized spacial score (nSPS) is 10.2. The van der Waals surface area contributed by atoms with E-state index in [1.165, 1.54) is 0 Å². The van der Waals surface area contributed by atoms with Gasteiger partial charge in [-0.25, -0.2) is 9.78 Å².